The molecule has 106 valence electrons. The van der Waals surface area contributed by atoms with Crippen LogP contribution in [0.25, 0.3) is 0 Å². The van der Waals surface area contributed by atoms with E-state index in [-0.39, 0.29) is 10.5 Å². The van der Waals surface area contributed by atoms with Gasteiger partial charge in [0.15, 0.2) is 5.16 Å². The summed E-state index contributed by atoms with van der Waals surface area (Å²) in [4.78, 5) is 8.53. The second-order valence-corrected chi connectivity index (χ2v) is 8.67. The van der Waals surface area contributed by atoms with E-state index in [0.717, 1.165) is 25.0 Å². The van der Waals surface area contributed by atoms with E-state index in [1.807, 2.05) is 6.92 Å². The molecule has 2 N–H and O–H groups in total. The van der Waals surface area contributed by atoms with Crippen molar-refractivity contribution in [2.24, 2.45) is 0 Å². The Balaban J connectivity index is 2.06. The third kappa shape index (κ3) is 4.07. The van der Waals surface area contributed by atoms with Crippen LogP contribution >= 0.6 is 11.8 Å². The van der Waals surface area contributed by atoms with Gasteiger partial charge in [0.2, 0.25) is 0 Å². The molecule has 2 unspecified atom stereocenters. The van der Waals surface area contributed by atoms with Crippen LogP contribution in [-0.4, -0.2) is 35.1 Å². The second kappa shape index (κ2) is 5.66. The van der Waals surface area contributed by atoms with Crippen molar-refractivity contribution in [3.63, 3.8) is 0 Å². The maximum absolute atomic E-state index is 11.6. The molecule has 1 fully saturated rings. The van der Waals surface area contributed by atoms with Crippen LogP contribution in [0.1, 0.15) is 31.4 Å². The fourth-order valence-corrected chi connectivity index (χ4v) is 4.93. The average Bonchev–Trinajstić information content (AvgIpc) is 2.26. The van der Waals surface area contributed by atoms with E-state index in [0.29, 0.717) is 17.4 Å². The summed E-state index contributed by atoms with van der Waals surface area (Å²) in [6.07, 6.45) is 4.73. The quantitative estimate of drug-likeness (QED) is 0.857. The van der Waals surface area contributed by atoms with Crippen LogP contribution in [0, 0.1) is 6.92 Å². The number of nitrogens with two attached hydrogens (primary N) is 1. The number of thioether (sulfide) groups is 1. The summed E-state index contributed by atoms with van der Waals surface area (Å²) in [7, 11) is -2.95. The lowest BCUT2D eigenvalue weighted by Gasteiger charge is -2.26. The number of nitrogen functional groups attached to an aromatic ring is 1. The number of sulfone groups is 1. The van der Waals surface area contributed by atoms with Gasteiger partial charge in [-0.05, 0) is 26.2 Å². The summed E-state index contributed by atoms with van der Waals surface area (Å²) in [6, 6.07) is 1.73. The Bertz CT molecular complexity index is 540. The summed E-state index contributed by atoms with van der Waals surface area (Å²) in [5.74, 6) is 0.463. The highest BCUT2D eigenvalue weighted by Gasteiger charge is 2.29. The molecule has 0 aromatic carbocycles. The van der Waals surface area contributed by atoms with Crippen LogP contribution in [0.3, 0.4) is 0 Å². The zero-order valence-corrected chi connectivity index (χ0v) is 12.8. The zero-order valence-electron chi connectivity index (χ0n) is 11.2. The third-order valence-corrected chi connectivity index (χ3v) is 6.10. The van der Waals surface area contributed by atoms with Gasteiger partial charge < -0.3 is 5.73 Å². The first-order chi connectivity index (χ1) is 8.84. The Morgan fingerprint density at radius 1 is 1.37 bits per heavy atom. The fourth-order valence-electron chi connectivity index (χ4n) is 2.36. The van der Waals surface area contributed by atoms with Gasteiger partial charge in [-0.25, -0.2) is 18.4 Å². The van der Waals surface area contributed by atoms with E-state index in [2.05, 4.69) is 9.97 Å². The molecule has 1 aliphatic carbocycles. The molecule has 1 aromatic heterocycles. The highest BCUT2D eigenvalue weighted by atomic mass is 32.2. The van der Waals surface area contributed by atoms with Crippen molar-refractivity contribution in [2.45, 2.75) is 48.3 Å². The first-order valence-corrected chi connectivity index (χ1v) is 9.14. The van der Waals surface area contributed by atoms with Crippen LogP contribution in [-0.2, 0) is 9.84 Å². The van der Waals surface area contributed by atoms with Crippen LogP contribution in [0.15, 0.2) is 11.2 Å². The first kappa shape index (κ1) is 14.6. The Kier molecular flexibility index (Phi) is 4.35. The SMILES string of the molecule is Cc1cc(N)nc(SC2CCCC(S(C)(=O)=O)C2)n1. The van der Waals surface area contributed by atoms with Gasteiger partial charge in [-0.3, -0.25) is 0 Å². The molecule has 0 radical (unpaired) electrons. The van der Waals surface area contributed by atoms with Crippen molar-refractivity contribution < 1.29 is 8.42 Å². The molecule has 1 aromatic rings. The summed E-state index contributed by atoms with van der Waals surface area (Å²) < 4.78 is 23.3. The van der Waals surface area contributed by atoms with E-state index < -0.39 is 9.84 Å². The molecule has 0 saturated heterocycles. The van der Waals surface area contributed by atoms with Crippen molar-refractivity contribution in [3.8, 4) is 0 Å². The lowest BCUT2D eigenvalue weighted by Crippen LogP contribution is -2.28. The van der Waals surface area contributed by atoms with Crippen LogP contribution in [0.2, 0.25) is 0 Å². The number of hydrogen-bond acceptors (Lipinski definition) is 6. The summed E-state index contributed by atoms with van der Waals surface area (Å²) in [5.41, 5.74) is 6.54. The fraction of sp³-hybridized carbons (Fsp3) is 0.667. The molecule has 0 spiro atoms. The summed E-state index contributed by atoms with van der Waals surface area (Å²) >= 11 is 1.55. The molecule has 2 rings (SSSR count). The minimum Gasteiger partial charge on any atom is -0.384 e. The Labute approximate surface area is 118 Å². The van der Waals surface area contributed by atoms with Crippen LogP contribution in [0.4, 0.5) is 5.82 Å². The van der Waals surface area contributed by atoms with Gasteiger partial charge in [0.25, 0.3) is 0 Å². The number of aromatic nitrogens is 2. The smallest absolute Gasteiger partial charge is 0.189 e. The van der Waals surface area contributed by atoms with Crippen molar-refractivity contribution in [1.82, 2.24) is 9.97 Å². The average molecular weight is 301 g/mol. The molecule has 2 atom stereocenters. The second-order valence-electron chi connectivity index (χ2n) is 5.07. The molecule has 1 saturated carbocycles. The van der Waals surface area contributed by atoms with Crippen molar-refractivity contribution in [1.29, 1.82) is 0 Å². The molecule has 0 bridgehead atoms. The first-order valence-electron chi connectivity index (χ1n) is 6.31. The van der Waals surface area contributed by atoms with Gasteiger partial charge in [0.05, 0.1) is 5.25 Å². The van der Waals surface area contributed by atoms with Gasteiger partial charge in [0, 0.05) is 23.3 Å². The lowest BCUT2D eigenvalue weighted by molar-refractivity contribution is 0.494. The maximum atomic E-state index is 11.6. The standard InChI is InChI=1S/C12H19N3O2S2/c1-8-6-11(13)15-12(14-8)18-9-4-3-5-10(7-9)19(2,16)17/h6,9-10H,3-5,7H2,1-2H3,(H2,13,14,15). The third-order valence-electron chi connectivity index (χ3n) is 3.31. The Morgan fingerprint density at radius 3 is 2.74 bits per heavy atom. The van der Waals surface area contributed by atoms with Crippen molar-refractivity contribution in [3.05, 3.63) is 11.8 Å². The number of anilines is 1. The van der Waals surface area contributed by atoms with Crippen molar-refractivity contribution in [2.75, 3.05) is 12.0 Å². The molecule has 0 amide bonds. The predicted molar refractivity (Wildman–Crippen MR) is 77.9 cm³/mol. The molecular formula is C12H19N3O2S2. The van der Waals surface area contributed by atoms with Gasteiger partial charge in [-0.1, -0.05) is 18.2 Å². The predicted octanol–water partition coefficient (Wildman–Crippen LogP) is 1.82. The molecule has 7 heteroatoms. The van der Waals surface area contributed by atoms with Gasteiger partial charge in [0.1, 0.15) is 15.7 Å². The van der Waals surface area contributed by atoms with Gasteiger partial charge >= 0.3 is 0 Å². The molecule has 0 aliphatic heterocycles. The highest BCUT2D eigenvalue weighted by molar-refractivity contribution is 7.99. The normalized spacial score (nSPS) is 24.3. The largest absolute Gasteiger partial charge is 0.384 e. The Morgan fingerprint density at radius 2 is 2.11 bits per heavy atom. The summed E-state index contributed by atoms with van der Waals surface area (Å²) in [6.45, 7) is 1.88. The molecule has 1 aliphatic rings. The van der Waals surface area contributed by atoms with E-state index in [4.69, 9.17) is 5.73 Å². The summed E-state index contributed by atoms with van der Waals surface area (Å²) in [5, 5.41) is 0.687. The van der Waals surface area contributed by atoms with Crippen LogP contribution < -0.4 is 5.73 Å². The van der Waals surface area contributed by atoms with E-state index >= 15 is 0 Å². The maximum Gasteiger partial charge on any atom is 0.189 e. The van der Waals surface area contributed by atoms with E-state index in [9.17, 15) is 8.42 Å². The monoisotopic (exact) mass is 301 g/mol. The minimum atomic E-state index is -2.95. The number of aryl methyl sites for hydroxylation is 1. The lowest BCUT2D eigenvalue weighted by atomic mass is 10.00. The number of hydrogen-bond donors (Lipinski definition) is 1. The molecule has 19 heavy (non-hydrogen) atoms. The van der Waals surface area contributed by atoms with Gasteiger partial charge in [-0.2, -0.15) is 0 Å². The molecular weight excluding hydrogens is 282 g/mol. The molecule has 1 heterocycles. The minimum absolute atomic E-state index is 0.221. The Hall–Kier alpha value is -0.820. The van der Waals surface area contributed by atoms with Crippen molar-refractivity contribution >= 4 is 27.4 Å². The van der Waals surface area contributed by atoms with E-state index in [1.54, 1.807) is 17.8 Å². The topological polar surface area (TPSA) is 85.9 Å². The number of nitrogens with zero attached hydrogens (tertiary/aromatic N) is 2. The van der Waals surface area contributed by atoms with Crippen LogP contribution in [0.5, 0.6) is 0 Å². The number of rotatable bonds is 3. The zero-order chi connectivity index (χ0) is 14.0. The van der Waals surface area contributed by atoms with E-state index in [1.165, 1.54) is 6.26 Å². The molecule has 5 nitrogen and oxygen atoms in total. The highest BCUT2D eigenvalue weighted by Crippen LogP contribution is 2.34. The van der Waals surface area contributed by atoms with Gasteiger partial charge in [-0.15, -0.1) is 0 Å².